The second-order valence-electron chi connectivity index (χ2n) is 8.26. The van der Waals surface area contributed by atoms with Crippen molar-refractivity contribution in [3.8, 4) is 0 Å². The quantitative estimate of drug-likeness (QED) is 0.782. The summed E-state index contributed by atoms with van der Waals surface area (Å²) in [7, 11) is 0. The highest BCUT2D eigenvalue weighted by atomic mass is 32.1. The van der Waals surface area contributed by atoms with Crippen molar-refractivity contribution >= 4 is 23.3 Å². The largest absolute Gasteiger partial charge is 0.393 e. The van der Waals surface area contributed by atoms with Crippen molar-refractivity contribution < 1.29 is 0 Å². The smallest absolute Gasteiger partial charge is 0.0796 e. The van der Waals surface area contributed by atoms with E-state index in [1.165, 1.54) is 24.0 Å². The average Bonchev–Trinajstić information content (AvgIpc) is 3.01. The van der Waals surface area contributed by atoms with Gasteiger partial charge in [0.15, 0.2) is 0 Å². The second kappa shape index (κ2) is 5.28. The van der Waals surface area contributed by atoms with Crippen LogP contribution in [0.4, 0.5) is 0 Å². The first-order valence-corrected chi connectivity index (χ1v) is 9.66. The molecule has 126 valence electrons. The van der Waals surface area contributed by atoms with Gasteiger partial charge in [0.05, 0.1) is 4.99 Å². The molecule has 4 fully saturated rings. The normalized spacial score (nSPS) is 36.9. The second-order valence-corrected chi connectivity index (χ2v) is 8.70. The van der Waals surface area contributed by atoms with E-state index < -0.39 is 0 Å². The zero-order chi connectivity index (χ0) is 17.1. The molecule has 0 aliphatic heterocycles. The van der Waals surface area contributed by atoms with Gasteiger partial charge in [-0.3, -0.25) is 0 Å². The molecule has 0 heterocycles. The molecule has 2 N–H and O–H groups in total. The van der Waals surface area contributed by atoms with Crippen LogP contribution in [0.25, 0.3) is 6.08 Å². The molecule has 4 bridgehead atoms. The molecule has 6 rings (SSSR count). The number of benzene rings is 2. The highest BCUT2D eigenvalue weighted by Gasteiger charge is 2.67. The Labute approximate surface area is 154 Å². The number of hydrogen-bond acceptors (Lipinski definition) is 1. The number of thiocarbonyl (C=S) groups is 1. The van der Waals surface area contributed by atoms with Gasteiger partial charge in [-0.05, 0) is 54.1 Å². The first kappa shape index (κ1) is 15.3. The van der Waals surface area contributed by atoms with Crippen molar-refractivity contribution in [1.82, 2.24) is 0 Å². The van der Waals surface area contributed by atoms with E-state index in [4.69, 9.17) is 18.0 Å². The van der Waals surface area contributed by atoms with Crippen molar-refractivity contribution in [3.63, 3.8) is 0 Å². The maximum absolute atomic E-state index is 6.35. The monoisotopic (exact) mass is 345 g/mol. The van der Waals surface area contributed by atoms with Crippen molar-refractivity contribution in [2.75, 3.05) is 0 Å². The van der Waals surface area contributed by atoms with Gasteiger partial charge >= 0.3 is 0 Å². The zero-order valence-electron chi connectivity index (χ0n) is 14.3. The lowest BCUT2D eigenvalue weighted by molar-refractivity contribution is 0.238. The van der Waals surface area contributed by atoms with Gasteiger partial charge in [0.2, 0.25) is 0 Å². The predicted octanol–water partition coefficient (Wildman–Crippen LogP) is 5.11. The van der Waals surface area contributed by atoms with Gasteiger partial charge in [0.1, 0.15) is 0 Å². The molecule has 0 spiro atoms. The van der Waals surface area contributed by atoms with Crippen molar-refractivity contribution in [2.24, 2.45) is 23.0 Å². The highest BCUT2D eigenvalue weighted by molar-refractivity contribution is 7.80. The number of allylic oxidation sites excluding steroid dienone is 1. The molecular weight excluding hydrogens is 322 g/mol. The first-order valence-electron chi connectivity index (χ1n) is 9.25. The lowest BCUT2D eigenvalue weighted by Crippen LogP contribution is -2.40. The van der Waals surface area contributed by atoms with Crippen molar-refractivity contribution in [3.05, 3.63) is 77.4 Å². The van der Waals surface area contributed by atoms with Crippen LogP contribution in [0.5, 0.6) is 0 Å². The molecule has 25 heavy (non-hydrogen) atoms. The third-order valence-electron chi connectivity index (χ3n) is 7.05. The maximum Gasteiger partial charge on any atom is 0.0796 e. The molecule has 1 nitrogen and oxygen atoms in total. The van der Waals surface area contributed by atoms with Gasteiger partial charge in [-0.1, -0.05) is 84.5 Å². The van der Waals surface area contributed by atoms with Gasteiger partial charge in [-0.2, -0.15) is 0 Å². The molecule has 0 radical (unpaired) electrons. The van der Waals surface area contributed by atoms with Crippen molar-refractivity contribution in [2.45, 2.75) is 31.1 Å². The molecule has 0 saturated heterocycles. The van der Waals surface area contributed by atoms with E-state index in [0.717, 1.165) is 17.8 Å². The molecule has 0 amide bonds. The molecule has 4 saturated carbocycles. The summed E-state index contributed by atoms with van der Waals surface area (Å²) in [4.78, 5) is 0.747. The van der Waals surface area contributed by atoms with Gasteiger partial charge in [-0.25, -0.2) is 0 Å². The van der Waals surface area contributed by atoms with Crippen LogP contribution in [-0.2, 0) is 5.41 Å². The third-order valence-corrected chi connectivity index (χ3v) is 7.45. The zero-order valence-corrected chi connectivity index (χ0v) is 15.1. The van der Waals surface area contributed by atoms with Crippen molar-refractivity contribution in [1.29, 1.82) is 0 Å². The van der Waals surface area contributed by atoms with Gasteiger partial charge in [0.25, 0.3) is 0 Å². The summed E-state index contributed by atoms with van der Waals surface area (Å²) < 4.78 is 0. The number of nitrogens with two attached hydrogens (primary N) is 1. The minimum absolute atomic E-state index is 0.0364. The standard InChI is InChI=1S/C23H23NS/c24-21(25)23-13-17-12-22(15-23,18-9-5-2-6-10-18)14-20(23)19(17)11-16-7-3-1-4-8-16/h1-11,17,20H,12-15H2,(H2,24,25)/b19-11-. The Bertz CT molecular complexity index is 856. The maximum atomic E-state index is 6.35. The van der Waals surface area contributed by atoms with E-state index in [0.29, 0.717) is 11.8 Å². The van der Waals surface area contributed by atoms with Crippen LogP contribution in [0.15, 0.2) is 66.2 Å². The molecular formula is C23H23NS. The Morgan fingerprint density at radius 3 is 2.32 bits per heavy atom. The fourth-order valence-electron chi connectivity index (χ4n) is 6.14. The van der Waals surface area contributed by atoms with Crippen LogP contribution in [0, 0.1) is 17.3 Å². The summed E-state index contributed by atoms with van der Waals surface area (Å²) in [5, 5.41) is 0. The third kappa shape index (κ3) is 2.10. The highest BCUT2D eigenvalue weighted by Crippen LogP contribution is 2.72. The summed E-state index contributed by atoms with van der Waals surface area (Å²) >= 11 is 5.62. The van der Waals surface area contributed by atoms with Gasteiger partial charge in [0, 0.05) is 5.41 Å². The summed E-state index contributed by atoms with van der Waals surface area (Å²) in [5.74, 6) is 1.14. The van der Waals surface area contributed by atoms with E-state index in [1.54, 1.807) is 5.57 Å². The Hall–Kier alpha value is -1.93. The molecule has 0 aromatic heterocycles. The lowest BCUT2D eigenvalue weighted by Gasteiger charge is -2.41. The summed E-state index contributed by atoms with van der Waals surface area (Å²) in [6.07, 6.45) is 7.16. The molecule has 4 atom stereocenters. The molecule has 4 unspecified atom stereocenters. The van der Waals surface area contributed by atoms with Crippen LogP contribution in [0.2, 0.25) is 0 Å². The van der Waals surface area contributed by atoms with E-state index in [1.807, 2.05) is 0 Å². The summed E-state index contributed by atoms with van der Waals surface area (Å²) in [6, 6.07) is 21.8. The van der Waals surface area contributed by atoms with E-state index >= 15 is 0 Å². The van der Waals surface area contributed by atoms with Gasteiger partial charge < -0.3 is 5.73 Å². The minimum Gasteiger partial charge on any atom is -0.393 e. The SMILES string of the molecule is NC(=S)C12CC3CC(c4ccccc4)(CC1/C3=C\c1ccccc1)C2. The fourth-order valence-corrected chi connectivity index (χ4v) is 6.44. The summed E-state index contributed by atoms with van der Waals surface area (Å²) in [5.41, 5.74) is 11.1. The van der Waals surface area contributed by atoms with Crippen LogP contribution in [0.3, 0.4) is 0 Å². The van der Waals surface area contributed by atoms with E-state index in [2.05, 4.69) is 66.7 Å². The Morgan fingerprint density at radius 1 is 0.960 bits per heavy atom. The molecule has 4 aliphatic carbocycles. The fraction of sp³-hybridized carbons (Fsp3) is 0.348. The average molecular weight is 346 g/mol. The minimum atomic E-state index is 0.0364. The Morgan fingerprint density at radius 2 is 1.64 bits per heavy atom. The Balaban J connectivity index is 1.61. The topological polar surface area (TPSA) is 26.0 Å². The first-order chi connectivity index (χ1) is 12.1. The van der Waals surface area contributed by atoms with Crippen LogP contribution < -0.4 is 5.73 Å². The predicted molar refractivity (Wildman–Crippen MR) is 107 cm³/mol. The molecule has 2 aromatic carbocycles. The number of hydrogen-bond donors (Lipinski definition) is 1. The molecule has 4 aliphatic rings. The van der Waals surface area contributed by atoms with Crippen LogP contribution >= 0.6 is 12.2 Å². The van der Waals surface area contributed by atoms with Crippen LogP contribution in [0.1, 0.15) is 36.8 Å². The summed E-state index contributed by atoms with van der Waals surface area (Å²) in [6.45, 7) is 0. The molecule has 2 aromatic rings. The molecule has 2 heteroatoms. The number of rotatable bonds is 3. The van der Waals surface area contributed by atoms with Gasteiger partial charge in [-0.15, -0.1) is 0 Å². The lowest BCUT2D eigenvalue weighted by atomic mass is 9.63. The Kier molecular flexibility index (Phi) is 3.24. The van der Waals surface area contributed by atoms with Crippen LogP contribution in [-0.4, -0.2) is 4.99 Å². The van der Waals surface area contributed by atoms with E-state index in [9.17, 15) is 0 Å². The van der Waals surface area contributed by atoms with E-state index in [-0.39, 0.29) is 10.8 Å².